The maximum Gasteiger partial charge on any atom is 0.310 e. The number of nitrogens with one attached hydrogen (secondary N) is 2. The van der Waals surface area contributed by atoms with Gasteiger partial charge < -0.3 is 15.4 Å². The smallest absolute Gasteiger partial charge is 0.310 e. The molecule has 7 nitrogen and oxygen atoms in total. The maximum absolute atomic E-state index is 11.1. The molecule has 1 rings (SSSR count). The largest absolute Gasteiger partial charge is 0.487 e. The lowest BCUT2D eigenvalue weighted by Gasteiger charge is -2.09. The van der Waals surface area contributed by atoms with Crippen molar-refractivity contribution in [2.75, 3.05) is 20.2 Å². The van der Waals surface area contributed by atoms with Crippen molar-refractivity contribution in [1.29, 1.82) is 0 Å². The van der Waals surface area contributed by atoms with E-state index in [0.29, 0.717) is 19.4 Å². The minimum absolute atomic E-state index is 0.0600. The van der Waals surface area contributed by atoms with Gasteiger partial charge in [0.25, 0.3) is 0 Å². The summed E-state index contributed by atoms with van der Waals surface area (Å²) in [5.74, 6) is 0.168. The number of hydrogen-bond donors (Lipinski definition) is 2. The van der Waals surface area contributed by atoms with E-state index in [-0.39, 0.29) is 24.0 Å². The van der Waals surface area contributed by atoms with Crippen LogP contribution >= 0.6 is 0 Å². The second-order valence-corrected chi connectivity index (χ2v) is 4.46. The summed E-state index contributed by atoms with van der Waals surface area (Å²) in [7, 11) is 1.57. The van der Waals surface area contributed by atoms with Gasteiger partial charge in [-0.05, 0) is 24.6 Å². The number of ether oxygens (including phenoxy) is 1. The zero-order valence-electron chi connectivity index (χ0n) is 12.3. The highest BCUT2D eigenvalue weighted by Crippen LogP contribution is 2.28. The first kappa shape index (κ1) is 16.9. The maximum atomic E-state index is 11.1. The van der Waals surface area contributed by atoms with Gasteiger partial charge in [-0.25, -0.2) is 0 Å². The molecule has 0 bridgehead atoms. The Balaban J connectivity index is 2.67. The molecule has 1 aromatic rings. The highest BCUT2D eigenvalue weighted by Gasteiger charge is 2.15. The quantitative estimate of drug-likeness (QED) is 0.410. The lowest BCUT2D eigenvalue weighted by molar-refractivity contribution is -0.385. The third kappa shape index (κ3) is 5.78. The molecule has 0 spiro atoms. The Morgan fingerprint density at radius 2 is 2.19 bits per heavy atom. The van der Waals surface area contributed by atoms with Crippen LogP contribution in [0.1, 0.15) is 25.3 Å². The number of nitrogens with zero attached hydrogens (tertiary/aromatic N) is 1. The average molecular weight is 295 g/mol. The van der Waals surface area contributed by atoms with Crippen LogP contribution in [0.2, 0.25) is 0 Å². The van der Waals surface area contributed by atoms with Gasteiger partial charge >= 0.3 is 5.69 Å². The van der Waals surface area contributed by atoms with Gasteiger partial charge in [0.2, 0.25) is 5.91 Å². The van der Waals surface area contributed by atoms with Crippen molar-refractivity contribution in [2.45, 2.75) is 26.3 Å². The summed E-state index contributed by atoms with van der Waals surface area (Å²) in [5.41, 5.74) is 0.860. The van der Waals surface area contributed by atoms with Gasteiger partial charge in [-0.3, -0.25) is 14.9 Å². The SMILES string of the molecule is CCNCc1ccc([N+](=O)[O-])c(OCCCC(=O)NC)c1. The molecule has 0 aliphatic carbocycles. The Labute approximate surface area is 123 Å². The van der Waals surface area contributed by atoms with Gasteiger partial charge in [-0.1, -0.05) is 13.0 Å². The van der Waals surface area contributed by atoms with Gasteiger partial charge in [-0.2, -0.15) is 0 Å². The summed E-state index contributed by atoms with van der Waals surface area (Å²) < 4.78 is 5.46. The van der Waals surface area contributed by atoms with Crippen LogP contribution in [-0.2, 0) is 11.3 Å². The van der Waals surface area contributed by atoms with Gasteiger partial charge in [0.05, 0.1) is 11.5 Å². The number of nitro groups is 1. The number of hydrogen-bond acceptors (Lipinski definition) is 5. The van der Waals surface area contributed by atoms with Crippen molar-refractivity contribution in [1.82, 2.24) is 10.6 Å². The minimum Gasteiger partial charge on any atom is -0.487 e. The first-order valence-electron chi connectivity index (χ1n) is 6.90. The van der Waals surface area contributed by atoms with Crippen molar-refractivity contribution < 1.29 is 14.5 Å². The molecule has 7 heteroatoms. The standard InChI is InChI=1S/C14H21N3O4/c1-3-16-10-11-6-7-12(17(19)20)13(9-11)21-8-4-5-14(18)15-2/h6-7,9,16H,3-5,8,10H2,1-2H3,(H,15,18). The van der Waals surface area contributed by atoms with E-state index < -0.39 is 4.92 Å². The van der Waals surface area contributed by atoms with E-state index in [0.717, 1.165) is 12.1 Å². The first-order valence-corrected chi connectivity index (χ1v) is 6.90. The third-order valence-corrected chi connectivity index (χ3v) is 2.88. The van der Waals surface area contributed by atoms with Crippen LogP contribution < -0.4 is 15.4 Å². The zero-order valence-corrected chi connectivity index (χ0v) is 12.3. The molecule has 0 aliphatic heterocycles. The summed E-state index contributed by atoms with van der Waals surface area (Å²) in [6, 6.07) is 4.82. The minimum atomic E-state index is -0.467. The Morgan fingerprint density at radius 1 is 1.43 bits per heavy atom. The van der Waals surface area contributed by atoms with Gasteiger partial charge in [0.1, 0.15) is 0 Å². The fourth-order valence-corrected chi connectivity index (χ4v) is 1.74. The molecule has 21 heavy (non-hydrogen) atoms. The lowest BCUT2D eigenvalue weighted by atomic mass is 10.2. The Hall–Kier alpha value is -2.15. The Bertz CT molecular complexity index is 491. The molecule has 0 aromatic heterocycles. The van der Waals surface area contributed by atoms with Crippen molar-refractivity contribution in [2.24, 2.45) is 0 Å². The fourth-order valence-electron chi connectivity index (χ4n) is 1.74. The Kier molecular flexibility index (Phi) is 7.17. The summed E-state index contributed by atoms with van der Waals surface area (Å²) in [6.45, 7) is 3.70. The predicted octanol–water partition coefficient (Wildman–Crippen LogP) is 1.61. The van der Waals surface area contributed by atoms with Crippen LogP contribution in [0.15, 0.2) is 18.2 Å². The summed E-state index contributed by atoms with van der Waals surface area (Å²) >= 11 is 0. The van der Waals surface area contributed by atoms with E-state index in [1.165, 1.54) is 6.07 Å². The second kappa shape index (κ2) is 8.91. The molecule has 0 saturated heterocycles. The second-order valence-electron chi connectivity index (χ2n) is 4.46. The lowest BCUT2D eigenvalue weighted by Crippen LogP contribution is -2.18. The summed E-state index contributed by atoms with van der Waals surface area (Å²) in [4.78, 5) is 21.6. The van der Waals surface area contributed by atoms with Crippen LogP contribution in [0.25, 0.3) is 0 Å². The highest BCUT2D eigenvalue weighted by molar-refractivity contribution is 5.75. The van der Waals surface area contributed by atoms with Crippen LogP contribution in [0.5, 0.6) is 5.75 Å². The highest BCUT2D eigenvalue weighted by atomic mass is 16.6. The van der Waals surface area contributed by atoms with Gasteiger partial charge in [0, 0.05) is 26.1 Å². The van der Waals surface area contributed by atoms with E-state index in [1.807, 2.05) is 6.92 Å². The number of carbonyl (C=O) groups is 1. The number of benzene rings is 1. The van der Waals surface area contributed by atoms with Gasteiger partial charge in [-0.15, -0.1) is 0 Å². The predicted molar refractivity (Wildman–Crippen MR) is 79.3 cm³/mol. The molecule has 0 aliphatic rings. The van der Waals surface area contributed by atoms with Crippen molar-refractivity contribution >= 4 is 11.6 Å². The molecular formula is C14H21N3O4. The van der Waals surface area contributed by atoms with Crippen LogP contribution in [0, 0.1) is 10.1 Å². The Morgan fingerprint density at radius 3 is 2.81 bits per heavy atom. The topological polar surface area (TPSA) is 93.5 Å². The average Bonchev–Trinajstić information content (AvgIpc) is 2.49. The molecular weight excluding hydrogens is 274 g/mol. The van der Waals surface area contributed by atoms with Crippen molar-refractivity contribution in [3.8, 4) is 5.75 Å². The summed E-state index contributed by atoms with van der Waals surface area (Å²) in [5, 5.41) is 16.6. The molecule has 1 aromatic carbocycles. The molecule has 0 heterocycles. The molecule has 0 fully saturated rings. The van der Waals surface area contributed by atoms with Gasteiger partial charge in [0.15, 0.2) is 5.75 Å². The van der Waals surface area contributed by atoms with E-state index in [2.05, 4.69) is 10.6 Å². The first-order chi connectivity index (χ1) is 10.1. The molecule has 116 valence electrons. The molecule has 0 saturated carbocycles. The van der Waals surface area contributed by atoms with Crippen molar-refractivity contribution in [3.63, 3.8) is 0 Å². The van der Waals surface area contributed by atoms with E-state index in [1.54, 1.807) is 19.2 Å². The molecule has 0 atom stereocenters. The van der Waals surface area contributed by atoms with Crippen LogP contribution in [0.4, 0.5) is 5.69 Å². The molecule has 0 unspecified atom stereocenters. The zero-order chi connectivity index (χ0) is 15.7. The normalized spacial score (nSPS) is 10.2. The van der Waals surface area contributed by atoms with E-state index in [4.69, 9.17) is 4.74 Å². The van der Waals surface area contributed by atoms with E-state index in [9.17, 15) is 14.9 Å². The fraction of sp³-hybridized carbons (Fsp3) is 0.500. The van der Waals surface area contributed by atoms with Crippen LogP contribution in [-0.4, -0.2) is 31.0 Å². The molecule has 2 N–H and O–H groups in total. The number of rotatable bonds is 9. The third-order valence-electron chi connectivity index (χ3n) is 2.88. The number of amides is 1. The van der Waals surface area contributed by atoms with E-state index >= 15 is 0 Å². The monoisotopic (exact) mass is 295 g/mol. The van der Waals surface area contributed by atoms with Crippen LogP contribution in [0.3, 0.4) is 0 Å². The molecule has 1 amide bonds. The number of nitro benzene ring substituents is 1. The molecule has 0 radical (unpaired) electrons. The van der Waals surface area contributed by atoms with Crippen molar-refractivity contribution in [3.05, 3.63) is 33.9 Å². The number of carbonyl (C=O) groups excluding carboxylic acids is 1. The summed E-state index contributed by atoms with van der Waals surface area (Å²) in [6.07, 6.45) is 0.843.